The maximum absolute atomic E-state index is 11.4. The molecule has 0 aliphatic heterocycles. The average Bonchev–Trinajstić information content (AvgIpc) is 3.18. The van der Waals surface area contributed by atoms with Gasteiger partial charge >= 0.3 is 20.5 Å². The van der Waals surface area contributed by atoms with Crippen molar-refractivity contribution in [2.24, 2.45) is 0 Å². The van der Waals surface area contributed by atoms with Crippen LogP contribution in [0.25, 0.3) is 0 Å². The quantitative estimate of drug-likeness (QED) is 0.0555. The van der Waals surface area contributed by atoms with E-state index in [1.807, 2.05) is 60.7 Å². The minimum absolute atomic E-state index is 0.0409. The van der Waals surface area contributed by atoms with Crippen molar-refractivity contribution in [3.05, 3.63) is 119 Å². The van der Waals surface area contributed by atoms with Crippen LogP contribution in [-0.4, -0.2) is 51.4 Å². The number of hydrogen-bond acceptors (Lipinski definition) is 8. The summed E-state index contributed by atoms with van der Waals surface area (Å²) >= 11 is 0. The summed E-state index contributed by atoms with van der Waals surface area (Å²) in [5.41, 5.74) is 5.01. The minimum Gasteiger partial charge on any atom is -0.497 e. The van der Waals surface area contributed by atoms with Crippen molar-refractivity contribution in [2.45, 2.75) is 128 Å². The molecule has 0 N–H and O–H groups in total. The number of esters is 2. The molecule has 59 heavy (non-hydrogen) atoms. The molecule has 5 rings (SSSR count). The molecule has 0 bridgehead atoms. The zero-order chi connectivity index (χ0) is 43.1. The van der Waals surface area contributed by atoms with Gasteiger partial charge in [-0.1, -0.05) is 79.9 Å². The molecule has 1 saturated carbocycles. The van der Waals surface area contributed by atoms with Gasteiger partial charge in [0.05, 0.1) is 14.2 Å². The van der Waals surface area contributed by atoms with Crippen LogP contribution in [0.5, 0.6) is 23.0 Å². The number of ether oxygens (including phenoxy) is 4. The first-order chi connectivity index (χ1) is 28.0. The zero-order valence-corrected chi connectivity index (χ0v) is 40.3. The van der Waals surface area contributed by atoms with E-state index in [1.165, 1.54) is 49.8 Å². The van der Waals surface area contributed by atoms with Crippen molar-refractivity contribution in [2.75, 3.05) is 14.2 Å². The largest absolute Gasteiger partial charge is 0.497 e. The molecule has 1 aliphatic carbocycles. The van der Waals surface area contributed by atoms with Crippen molar-refractivity contribution in [1.29, 1.82) is 0 Å². The summed E-state index contributed by atoms with van der Waals surface area (Å²) in [7, 11) is -2.59. The van der Waals surface area contributed by atoms with Gasteiger partial charge in [0.25, 0.3) is 0 Å². The van der Waals surface area contributed by atoms with E-state index in [9.17, 15) is 9.59 Å². The summed E-state index contributed by atoms with van der Waals surface area (Å²) in [5.74, 6) is 2.55. The summed E-state index contributed by atoms with van der Waals surface area (Å²) in [6.07, 6.45) is 10.0. The Bertz CT molecular complexity index is 1920. The van der Waals surface area contributed by atoms with Gasteiger partial charge in [-0.15, -0.1) is 0 Å². The number of aryl methyl sites for hydroxylation is 2. The van der Waals surface area contributed by atoms with Crippen molar-refractivity contribution in [1.82, 2.24) is 0 Å². The number of carbonyl (C=O) groups excluding carboxylic acids is 2. The third-order valence-electron chi connectivity index (χ3n) is 10.9. The fourth-order valence-electron chi connectivity index (χ4n) is 8.55. The van der Waals surface area contributed by atoms with Crippen LogP contribution in [0.1, 0.15) is 81.0 Å². The Labute approximate surface area is 357 Å². The molecule has 0 heterocycles. The Morgan fingerprint density at radius 3 is 1.44 bits per heavy atom. The van der Waals surface area contributed by atoms with Crippen LogP contribution in [0.3, 0.4) is 0 Å². The van der Waals surface area contributed by atoms with Gasteiger partial charge in [0.15, 0.2) is 16.6 Å². The normalized spacial score (nSPS) is 14.1. The van der Waals surface area contributed by atoms with Crippen molar-refractivity contribution in [3.8, 4) is 23.0 Å². The fourth-order valence-corrected chi connectivity index (χ4v) is 22.6. The summed E-state index contributed by atoms with van der Waals surface area (Å²) in [5, 5.41) is 0. The molecule has 320 valence electrons. The number of para-hydroxylation sites is 2. The number of methoxy groups -OCH3 is 2. The Balaban J connectivity index is 0.000000278. The van der Waals surface area contributed by atoms with E-state index in [1.54, 1.807) is 14.2 Å². The molecule has 4 aromatic carbocycles. The summed E-state index contributed by atoms with van der Waals surface area (Å²) in [4.78, 5) is 22.5. The third-order valence-corrected chi connectivity index (χ3v) is 22.4. The molecule has 0 spiro atoms. The Morgan fingerprint density at radius 1 is 0.542 bits per heavy atom. The van der Waals surface area contributed by atoms with Crippen LogP contribution >= 0.6 is 0 Å². The van der Waals surface area contributed by atoms with Crippen LogP contribution < -0.4 is 18.9 Å². The monoisotopic (exact) mass is 856 g/mol. The zero-order valence-electron chi connectivity index (χ0n) is 37.3. The van der Waals surface area contributed by atoms with Gasteiger partial charge in [-0.25, -0.2) is 0 Å². The van der Waals surface area contributed by atoms with Crippen LogP contribution in [0.2, 0.25) is 51.4 Å². The Kier molecular flexibility index (Phi) is 17.8. The van der Waals surface area contributed by atoms with Gasteiger partial charge in [-0.05, 0) is 149 Å². The molecule has 0 aromatic heterocycles. The first-order valence-corrected chi connectivity index (χ1v) is 30.2. The molecule has 0 atom stereocenters. The molecular weight excluding hydrogens is 789 g/mol. The molecule has 1 aliphatic rings. The SMILES string of the molecule is COc1ccc(C2(c3ccc(OC(C)=O)cc3)CCCCC2)cc1.COc1ccccc1CCC[Si](C)(C)O[Si](C)(C)O[Si](C)(C)CCCc1ccccc1OC(C)=O. The van der Waals surface area contributed by atoms with Gasteiger partial charge in [-0.3, -0.25) is 9.59 Å². The minimum atomic E-state index is -2.25. The van der Waals surface area contributed by atoms with Crippen LogP contribution in [0.4, 0.5) is 0 Å². The second-order valence-electron chi connectivity index (χ2n) is 17.3. The first kappa shape index (κ1) is 47.7. The van der Waals surface area contributed by atoms with E-state index in [2.05, 4.69) is 75.7 Å². The number of hydrogen-bond donors (Lipinski definition) is 0. The lowest BCUT2D eigenvalue weighted by Crippen LogP contribution is -2.52. The van der Waals surface area contributed by atoms with Gasteiger partial charge in [0.1, 0.15) is 23.0 Å². The van der Waals surface area contributed by atoms with Crippen LogP contribution in [0, 0.1) is 0 Å². The Morgan fingerprint density at radius 2 is 0.983 bits per heavy atom. The third kappa shape index (κ3) is 15.2. The molecular formula is C48H68O8Si3. The van der Waals surface area contributed by atoms with Crippen molar-refractivity contribution < 1.29 is 36.8 Å². The van der Waals surface area contributed by atoms with Gasteiger partial charge in [0, 0.05) is 19.3 Å². The average molecular weight is 857 g/mol. The molecule has 4 aromatic rings. The van der Waals surface area contributed by atoms with E-state index in [-0.39, 0.29) is 17.4 Å². The van der Waals surface area contributed by atoms with Gasteiger partial charge in [0.2, 0.25) is 0 Å². The van der Waals surface area contributed by atoms with Gasteiger partial charge < -0.3 is 27.2 Å². The summed E-state index contributed by atoms with van der Waals surface area (Å²) < 4.78 is 34.9. The summed E-state index contributed by atoms with van der Waals surface area (Å²) in [6.45, 7) is 16.5. The fraction of sp³-hybridized carbons (Fsp3) is 0.458. The van der Waals surface area contributed by atoms with Crippen molar-refractivity contribution >= 4 is 37.1 Å². The number of carbonyl (C=O) groups is 2. The number of rotatable bonds is 18. The molecule has 0 saturated heterocycles. The molecule has 0 unspecified atom stereocenters. The second-order valence-corrected chi connectivity index (χ2v) is 29.8. The topological polar surface area (TPSA) is 89.5 Å². The Hall–Kier alpha value is -4.01. The lowest BCUT2D eigenvalue weighted by atomic mass is 9.65. The smallest absolute Gasteiger partial charge is 0.311 e. The first-order valence-electron chi connectivity index (χ1n) is 21.2. The van der Waals surface area contributed by atoms with Gasteiger partial charge in [-0.2, -0.15) is 0 Å². The molecule has 8 nitrogen and oxygen atoms in total. The highest BCUT2D eigenvalue weighted by molar-refractivity contribution is 6.87. The van der Waals surface area contributed by atoms with E-state index < -0.39 is 25.2 Å². The van der Waals surface area contributed by atoms with E-state index in [0.29, 0.717) is 11.5 Å². The molecule has 1 fully saturated rings. The van der Waals surface area contributed by atoms with E-state index in [0.717, 1.165) is 67.7 Å². The summed E-state index contributed by atoms with van der Waals surface area (Å²) in [6, 6.07) is 34.6. The highest BCUT2D eigenvalue weighted by Gasteiger charge is 2.39. The maximum Gasteiger partial charge on any atom is 0.311 e. The lowest BCUT2D eigenvalue weighted by Gasteiger charge is -2.39. The van der Waals surface area contributed by atoms with Crippen LogP contribution in [-0.2, 0) is 36.1 Å². The van der Waals surface area contributed by atoms with E-state index >= 15 is 0 Å². The van der Waals surface area contributed by atoms with Crippen LogP contribution in [0.15, 0.2) is 97.1 Å². The predicted molar refractivity (Wildman–Crippen MR) is 246 cm³/mol. The maximum atomic E-state index is 11.4. The highest BCUT2D eigenvalue weighted by Crippen LogP contribution is 2.45. The molecule has 0 amide bonds. The number of benzene rings is 4. The molecule has 11 heteroatoms. The predicted octanol–water partition coefficient (Wildman–Crippen LogP) is 12.2. The highest BCUT2D eigenvalue weighted by atomic mass is 28.5. The van der Waals surface area contributed by atoms with E-state index in [4.69, 9.17) is 27.2 Å². The van der Waals surface area contributed by atoms with Crippen molar-refractivity contribution in [3.63, 3.8) is 0 Å². The molecule has 0 radical (unpaired) electrons. The second kappa shape index (κ2) is 22.0. The standard InChI is InChI=1S/C27H44O5Si3.C21H24O3/c1-23(28)30-27-20-12-10-16-25(27)18-14-22-34(5,6)32-35(7,8)31-33(3,4)21-13-17-24-15-9-11-19-26(24)29-2;1-16(22)24-20-12-8-18(9-13-20)21(14-4-3-5-15-21)17-6-10-19(23-2)11-7-17/h9-12,15-16,19-20H,13-14,17-18,21-22H2,1-8H3;6-13H,3-5,14-15H2,1-2H3. The lowest BCUT2D eigenvalue weighted by molar-refractivity contribution is -0.132.